The maximum absolute atomic E-state index is 14.4. The number of hydrogen-bond donors (Lipinski definition) is 2. The zero-order valence-electron chi connectivity index (χ0n) is 15.7. The van der Waals surface area contributed by atoms with Crippen molar-refractivity contribution in [2.45, 2.75) is 6.42 Å². The van der Waals surface area contributed by atoms with Crippen LogP contribution in [0.4, 0.5) is 10.2 Å². The second-order valence-corrected chi connectivity index (χ2v) is 7.19. The summed E-state index contributed by atoms with van der Waals surface area (Å²) in [4.78, 5) is 20.2. The molecule has 5 rings (SSSR count). The molecule has 0 saturated carbocycles. The van der Waals surface area contributed by atoms with Crippen molar-refractivity contribution in [2.24, 2.45) is 0 Å². The van der Waals surface area contributed by atoms with Crippen molar-refractivity contribution in [1.29, 1.82) is 0 Å². The fraction of sp³-hybridized carbons (Fsp3) is 0.0909. The number of para-hydroxylation sites is 1. The largest absolute Gasteiger partial charge is 0.368 e. The molecule has 0 atom stereocenters. The quantitative estimate of drug-likeness (QED) is 0.419. The number of imidazole rings is 1. The van der Waals surface area contributed by atoms with Crippen LogP contribution in [-0.4, -0.2) is 31.5 Å². The fourth-order valence-electron chi connectivity index (χ4n) is 3.50. The van der Waals surface area contributed by atoms with Crippen LogP contribution in [0.1, 0.15) is 5.56 Å². The minimum absolute atomic E-state index is 0.332. The number of rotatable bonds is 5. The van der Waals surface area contributed by atoms with E-state index in [0.29, 0.717) is 40.7 Å². The van der Waals surface area contributed by atoms with Crippen molar-refractivity contribution >= 4 is 39.5 Å². The van der Waals surface area contributed by atoms with Gasteiger partial charge in [0, 0.05) is 22.5 Å². The number of H-pyrrole nitrogens is 1. The number of hydrogen-bond acceptors (Lipinski definition) is 5. The Labute approximate surface area is 176 Å². The van der Waals surface area contributed by atoms with Crippen LogP contribution in [0.25, 0.3) is 33.3 Å². The summed E-state index contributed by atoms with van der Waals surface area (Å²) in [5.41, 5.74) is 4.10. The van der Waals surface area contributed by atoms with Gasteiger partial charge in [-0.2, -0.15) is 0 Å². The molecule has 3 heterocycles. The summed E-state index contributed by atoms with van der Waals surface area (Å²) in [7, 11) is 0. The second-order valence-electron chi connectivity index (χ2n) is 6.79. The molecular weight excluding hydrogens is 403 g/mol. The van der Waals surface area contributed by atoms with Gasteiger partial charge in [0.05, 0.1) is 12.0 Å². The maximum atomic E-state index is 14.4. The lowest BCUT2D eigenvalue weighted by molar-refractivity contribution is 0.637. The Morgan fingerprint density at radius 1 is 1.03 bits per heavy atom. The highest BCUT2D eigenvalue weighted by atomic mass is 35.5. The first kappa shape index (κ1) is 18.4. The molecule has 5 aromatic rings. The number of pyridine rings is 1. The normalized spacial score (nSPS) is 11.3. The highest BCUT2D eigenvalue weighted by Crippen LogP contribution is 2.32. The molecule has 0 aliphatic heterocycles. The molecule has 0 saturated heterocycles. The summed E-state index contributed by atoms with van der Waals surface area (Å²) < 4.78 is 14.4. The average molecular weight is 419 g/mol. The highest BCUT2D eigenvalue weighted by molar-refractivity contribution is 6.33. The van der Waals surface area contributed by atoms with E-state index in [1.807, 2.05) is 36.4 Å². The van der Waals surface area contributed by atoms with E-state index in [0.717, 1.165) is 22.0 Å². The third-order valence-corrected chi connectivity index (χ3v) is 5.24. The minimum atomic E-state index is -0.354. The minimum Gasteiger partial charge on any atom is -0.368 e. The zero-order valence-corrected chi connectivity index (χ0v) is 16.5. The average Bonchev–Trinajstić information content (AvgIpc) is 3.24. The third-order valence-electron chi connectivity index (χ3n) is 4.91. The molecule has 2 N–H and O–H groups in total. The van der Waals surface area contributed by atoms with Crippen LogP contribution in [0.3, 0.4) is 0 Å². The lowest BCUT2D eigenvalue weighted by atomic mass is 10.0. The van der Waals surface area contributed by atoms with Gasteiger partial charge in [0.15, 0.2) is 11.5 Å². The molecule has 148 valence electrons. The van der Waals surface area contributed by atoms with Gasteiger partial charge in [0.1, 0.15) is 23.2 Å². The molecule has 0 aliphatic carbocycles. The van der Waals surface area contributed by atoms with Gasteiger partial charge in [-0.1, -0.05) is 41.9 Å². The van der Waals surface area contributed by atoms with Gasteiger partial charge in [-0.15, -0.1) is 0 Å². The van der Waals surface area contributed by atoms with Crippen molar-refractivity contribution in [3.8, 4) is 11.3 Å². The van der Waals surface area contributed by atoms with E-state index in [2.05, 4.69) is 30.2 Å². The van der Waals surface area contributed by atoms with E-state index in [1.165, 1.54) is 12.4 Å². The molecule has 0 amide bonds. The Kier molecular flexibility index (Phi) is 4.72. The van der Waals surface area contributed by atoms with E-state index in [9.17, 15) is 4.39 Å². The molecule has 0 aliphatic rings. The number of anilines is 1. The monoisotopic (exact) mass is 418 g/mol. The second kappa shape index (κ2) is 7.68. The molecule has 0 spiro atoms. The summed E-state index contributed by atoms with van der Waals surface area (Å²) in [6.07, 6.45) is 3.70. The first-order chi connectivity index (χ1) is 14.7. The SMILES string of the molecule is Fc1cccc2cc(CCNc3ncnc4nc[nH]c34)c(-c3ccccc3Cl)nc12. The van der Waals surface area contributed by atoms with Gasteiger partial charge < -0.3 is 10.3 Å². The molecule has 0 radical (unpaired) electrons. The number of fused-ring (bicyclic) bond motifs is 2. The van der Waals surface area contributed by atoms with Crippen molar-refractivity contribution in [1.82, 2.24) is 24.9 Å². The van der Waals surface area contributed by atoms with Crippen molar-refractivity contribution in [3.05, 3.63) is 77.6 Å². The molecule has 0 unspecified atom stereocenters. The van der Waals surface area contributed by atoms with Crippen LogP contribution in [0.15, 0.2) is 61.2 Å². The Bertz CT molecular complexity index is 1370. The number of benzene rings is 2. The zero-order chi connectivity index (χ0) is 20.5. The Hall–Kier alpha value is -3.58. The number of nitrogens with one attached hydrogen (secondary N) is 2. The first-order valence-corrected chi connectivity index (χ1v) is 9.79. The Balaban J connectivity index is 1.52. The lowest BCUT2D eigenvalue weighted by Gasteiger charge is -2.13. The molecule has 8 heteroatoms. The van der Waals surface area contributed by atoms with Crippen LogP contribution in [0, 0.1) is 5.82 Å². The Morgan fingerprint density at radius 3 is 2.83 bits per heavy atom. The molecule has 0 bridgehead atoms. The van der Waals surface area contributed by atoms with Crippen LogP contribution >= 0.6 is 11.6 Å². The first-order valence-electron chi connectivity index (χ1n) is 9.42. The van der Waals surface area contributed by atoms with Crippen LogP contribution < -0.4 is 5.32 Å². The van der Waals surface area contributed by atoms with Crippen LogP contribution in [-0.2, 0) is 6.42 Å². The van der Waals surface area contributed by atoms with Gasteiger partial charge in [0.25, 0.3) is 0 Å². The topological polar surface area (TPSA) is 79.4 Å². The van der Waals surface area contributed by atoms with E-state index in [4.69, 9.17) is 11.6 Å². The number of halogens is 2. The molecule has 0 fully saturated rings. The summed E-state index contributed by atoms with van der Waals surface area (Å²) in [5, 5.41) is 4.64. The molecule has 2 aromatic carbocycles. The number of aromatic nitrogens is 5. The van der Waals surface area contributed by atoms with Crippen molar-refractivity contribution in [3.63, 3.8) is 0 Å². The van der Waals surface area contributed by atoms with Gasteiger partial charge in [-0.25, -0.2) is 24.3 Å². The predicted octanol–water partition coefficient (Wildman–Crippen LogP) is 5.02. The van der Waals surface area contributed by atoms with Crippen molar-refractivity contribution in [2.75, 3.05) is 11.9 Å². The molecule has 6 nitrogen and oxygen atoms in total. The number of aromatic amines is 1. The van der Waals surface area contributed by atoms with Crippen LogP contribution in [0.2, 0.25) is 5.02 Å². The Morgan fingerprint density at radius 2 is 1.93 bits per heavy atom. The van der Waals surface area contributed by atoms with Gasteiger partial charge >= 0.3 is 0 Å². The summed E-state index contributed by atoms with van der Waals surface area (Å²) >= 11 is 6.43. The molecular formula is C22H16ClFN6. The maximum Gasteiger partial charge on any atom is 0.182 e. The van der Waals surface area contributed by atoms with E-state index in [1.54, 1.807) is 12.4 Å². The fourth-order valence-corrected chi connectivity index (χ4v) is 3.72. The third kappa shape index (κ3) is 3.33. The van der Waals surface area contributed by atoms with E-state index < -0.39 is 0 Å². The number of nitrogens with zero attached hydrogens (tertiary/aromatic N) is 4. The van der Waals surface area contributed by atoms with E-state index >= 15 is 0 Å². The standard InChI is InChI=1S/C22H16ClFN6/c23-16-6-2-1-5-15(16)18-14(10-13-4-3-7-17(24)19(13)30-18)8-9-25-21-20-22(27-11-26-20)29-12-28-21/h1-7,10-12H,8-9H2,(H2,25,26,27,28,29). The van der Waals surface area contributed by atoms with Gasteiger partial charge in [-0.05, 0) is 30.2 Å². The molecule has 30 heavy (non-hydrogen) atoms. The van der Waals surface area contributed by atoms with Crippen molar-refractivity contribution < 1.29 is 4.39 Å². The van der Waals surface area contributed by atoms with Crippen LogP contribution in [0.5, 0.6) is 0 Å². The summed E-state index contributed by atoms with van der Waals surface area (Å²) in [6.45, 7) is 0.588. The summed E-state index contributed by atoms with van der Waals surface area (Å²) in [5.74, 6) is 0.324. The van der Waals surface area contributed by atoms with E-state index in [-0.39, 0.29) is 5.82 Å². The van der Waals surface area contributed by atoms with Gasteiger partial charge in [-0.3, -0.25) is 0 Å². The smallest absolute Gasteiger partial charge is 0.182 e. The summed E-state index contributed by atoms with van der Waals surface area (Å²) in [6, 6.07) is 14.4. The highest BCUT2D eigenvalue weighted by Gasteiger charge is 2.14. The van der Waals surface area contributed by atoms with Gasteiger partial charge in [0.2, 0.25) is 0 Å². The molecule has 3 aromatic heterocycles. The predicted molar refractivity (Wildman–Crippen MR) is 116 cm³/mol. The lowest BCUT2D eigenvalue weighted by Crippen LogP contribution is -2.09.